The predicted molar refractivity (Wildman–Crippen MR) is 126 cm³/mol. The molecule has 0 aliphatic carbocycles. The van der Waals surface area contributed by atoms with Gasteiger partial charge >= 0.3 is 0 Å². The molecule has 0 unspecified atom stereocenters. The summed E-state index contributed by atoms with van der Waals surface area (Å²) in [6.07, 6.45) is 7.28. The van der Waals surface area contributed by atoms with Gasteiger partial charge in [-0.25, -0.2) is 0 Å². The average molecular weight is 399 g/mol. The van der Waals surface area contributed by atoms with Gasteiger partial charge in [-0.1, -0.05) is 48.5 Å². The van der Waals surface area contributed by atoms with Crippen LogP contribution in [-0.4, -0.2) is 15.0 Å². The molecule has 3 aromatic heterocycles. The minimum absolute atomic E-state index is 0.981. The highest BCUT2D eigenvalue weighted by atomic mass is 14.7. The maximum atomic E-state index is 4.78. The molecule has 0 radical (unpaired) electrons. The standard InChI is InChI=1S/C28H21N3/c1-20-18-27(23-4-2-21(3-5-23)24-10-14-29-15-11-24)19-28(31-20)26-8-6-22(7-9-26)25-12-16-30-17-13-25/h2-19H,1H3. The predicted octanol–water partition coefficient (Wildman–Crippen LogP) is 6.85. The number of aryl methyl sites for hydroxylation is 1. The average Bonchev–Trinajstić information content (AvgIpc) is 2.85. The zero-order chi connectivity index (χ0) is 21.0. The van der Waals surface area contributed by atoms with E-state index in [-0.39, 0.29) is 0 Å². The van der Waals surface area contributed by atoms with Crippen molar-refractivity contribution in [3.63, 3.8) is 0 Å². The maximum Gasteiger partial charge on any atom is 0.0711 e. The van der Waals surface area contributed by atoms with E-state index < -0.39 is 0 Å². The number of hydrogen-bond donors (Lipinski definition) is 0. The maximum absolute atomic E-state index is 4.78. The summed E-state index contributed by atoms with van der Waals surface area (Å²) in [7, 11) is 0. The summed E-state index contributed by atoms with van der Waals surface area (Å²) in [4.78, 5) is 13.0. The summed E-state index contributed by atoms with van der Waals surface area (Å²) in [5, 5.41) is 0. The molecule has 0 bridgehead atoms. The van der Waals surface area contributed by atoms with Gasteiger partial charge in [0.2, 0.25) is 0 Å². The Bertz CT molecular complexity index is 1190. The summed E-state index contributed by atoms with van der Waals surface area (Å²) in [6.45, 7) is 2.05. The minimum atomic E-state index is 0.981. The van der Waals surface area contributed by atoms with Crippen molar-refractivity contribution in [2.75, 3.05) is 0 Å². The van der Waals surface area contributed by atoms with E-state index in [1.54, 1.807) is 0 Å². The van der Waals surface area contributed by atoms with E-state index >= 15 is 0 Å². The molecule has 0 saturated heterocycles. The molecule has 5 rings (SSSR count). The second-order valence-electron chi connectivity index (χ2n) is 7.51. The van der Waals surface area contributed by atoms with Crippen molar-refractivity contribution in [1.29, 1.82) is 0 Å². The Hall–Kier alpha value is -4.11. The van der Waals surface area contributed by atoms with Gasteiger partial charge in [-0.15, -0.1) is 0 Å². The molecule has 3 nitrogen and oxygen atoms in total. The van der Waals surface area contributed by atoms with Gasteiger partial charge < -0.3 is 0 Å². The first kappa shape index (κ1) is 18.9. The highest BCUT2D eigenvalue weighted by Crippen LogP contribution is 2.29. The fraction of sp³-hybridized carbons (Fsp3) is 0.0357. The number of nitrogens with zero attached hydrogens (tertiary/aromatic N) is 3. The van der Waals surface area contributed by atoms with Crippen molar-refractivity contribution in [1.82, 2.24) is 15.0 Å². The van der Waals surface area contributed by atoms with E-state index in [1.807, 2.05) is 56.0 Å². The van der Waals surface area contributed by atoms with Crippen LogP contribution in [0.5, 0.6) is 0 Å². The smallest absolute Gasteiger partial charge is 0.0711 e. The Morgan fingerprint density at radius 1 is 0.419 bits per heavy atom. The summed E-state index contributed by atoms with van der Waals surface area (Å²) >= 11 is 0. The second-order valence-corrected chi connectivity index (χ2v) is 7.51. The zero-order valence-electron chi connectivity index (χ0n) is 17.2. The monoisotopic (exact) mass is 399 g/mol. The fourth-order valence-electron chi connectivity index (χ4n) is 3.76. The molecule has 148 valence electrons. The molecule has 3 heterocycles. The number of benzene rings is 2. The number of aromatic nitrogens is 3. The highest BCUT2D eigenvalue weighted by Gasteiger charge is 2.07. The third-order valence-corrected chi connectivity index (χ3v) is 5.38. The molecule has 31 heavy (non-hydrogen) atoms. The number of hydrogen-bond acceptors (Lipinski definition) is 3. The van der Waals surface area contributed by atoms with Crippen LogP contribution in [-0.2, 0) is 0 Å². The van der Waals surface area contributed by atoms with E-state index in [9.17, 15) is 0 Å². The molecule has 0 spiro atoms. The molecule has 5 aromatic rings. The summed E-state index contributed by atoms with van der Waals surface area (Å²) < 4.78 is 0. The lowest BCUT2D eigenvalue weighted by Gasteiger charge is -2.10. The van der Waals surface area contributed by atoms with Gasteiger partial charge in [-0.3, -0.25) is 15.0 Å². The van der Waals surface area contributed by atoms with Gasteiger partial charge in [0, 0.05) is 36.0 Å². The number of rotatable bonds is 4. The van der Waals surface area contributed by atoms with E-state index in [2.05, 4.69) is 70.6 Å². The van der Waals surface area contributed by atoms with E-state index in [0.29, 0.717) is 0 Å². The van der Waals surface area contributed by atoms with Gasteiger partial charge in [0.05, 0.1) is 5.69 Å². The van der Waals surface area contributed by atoms with Crippen molar-refractivity contribution < 1.29 is 0 Å². The Morgan fingerprint density at radius 3 is 1.29 bits per heavy atom. The van der Waals surface area contributed by atoms with E-state index in [1.165, 1.54) is 27.8 Å². The number of pyridine rings is 3. The molecular weight excluding hydrogens is 378 g/mol. The van der Waals surface area contributed by atoms with Crippen molar-refractivity contribution >= 4 is 0 Å². The van der Waals surface area contributed by atoms with Gasteiger partial charge in [0.15, 0.2) is 0 Å². The Kier molecular flexibility index (Phi) is 5.07. The first-order valence-corrected chi connectivity index (χ1v) is 10.3. The Morgan fingerprint density at radius 2 is 0.806 bits per heavy atom. The summed E-state index contributed by atoms with van der Waals surface area (Å²) in [6, 6.07) is 29.6. The van der Waals surface area contributed by atoms with Crippen molar-refractivity contribution in [3.05, 3.63) is 115 Å². The van der Waals surface area contributed by atoms with Gasteiger partial charge in [0.25, 0.3) is 0 Å². The van der Waals surface area contributed by atoms with Crippen LogP contribution in [0.15, 0.2) is 110 Å². The Labute approximate surface area is 182 Å². The lowest BCUT2D eigenvalue weighted by Crippen LogP contribution is -1.90. The lowest BCUT2D eigenvalue weighted by atomic mass is 9.98. The molecule has 0 fully saturated rings. The molecule has 2 aromatic carbocycles. The van der Waals surface area contributed by atoms with Crippen LogP contribution in [0, 0.1) is 6.92 Å². The van der Waals surface area contributed by atoms with Crippen LogP contribution in [0.25, 0.3) is 44.6 Å². The zero-order valence-corrected chi connectivity index (χ0v) is 17.2. The van der Waals surface area contributed by atoms with E-state index in [4.69, 9.17) is 4.98 Å². The van der Waals surface area contributed by atoms with Crippen LogP contribution in [0.1, 0.15) is 5.69 Å². The normalized spacial score (nSPS) is 10.7. The van der Waals surface area contributed by atoms with Crippen molar-refractivity contribution in [2.45, 2.75) is 6.92 Å². The molecule has 3 heteroatoms. The van der Waals surface area contributed by atoms with Crippen LogP contribution in [0.2, 0.25) is 0 Å². The SMILES string of the molecule is Cc1cc(-c2ccc(-c3ccncc3)cc2)cc(-c2ccc(-c3ccncc3)cc2)n1. The van der Waals surface area contributed by atoms with Crippen LogP contribution < -0.4 is 0 Å². The van der Waals surface area contributed by atoms with Crippen LogP contribution in [0.3, 0.4) is 0 Å². The van der Waals surface area contributed by atoms with Gasteiger partial charge in [-0.2, -0.15) is 0 Å². The van der Waals surface area contributed by atoms with Gasteiger partial charge in [0.1, 0.15) is 0 Å². The summed E-state index contributed by atoms with van der Waals surface area (Å²) in [5.74, 6) is 0. The van der Waals surface area contributed by atoms with Crippen LogP contribution >= 0.6 is 0 Å². The second kappa shape index (κ2) is 8.33. The van der Waals surface area contributed by atoms with Gasteiger partial charge in [-0.05, 0) is 76.7 Å². The highest BCUT2D eigenvalue weighted by molar-refractivity contribution is 5.75. The quantitative estimate of drug-likeness (QED) is 0.332. The van der Waals surface area contributed by atoms with E-state index in [0.717, 1.165) is 22.5 Å². The van der Waals surface area contributed by atoms with Crippen molar-refractivity contribution in [3.8, 4) is 44.6 Å². The fourth-order valence-corrected chi connectivity index (χ4v) is 3.76. The third kappa shape index (κ3) is 4.12. The molecule has 0 N–H and O–H groups in total. The molecule has 0 saturated carbocycles. The molecule has 0 atom stereocenters. The van der Waals surface area contributed by atoms with Crippen LogP contribution in [0.4, 0.5) is 0 Å². The lowest BCUT2D eigenvalue weighted by molar-refractivity contribution is 1.21. The first-order chi connectivity index (χ1) is 15.3. The topological polar surface area (TPSA) is 38.7 Å². The molecular formula is C28H21N3. The largest absolute Gasteiger partial charge is 0.265 e. The minimum Gasteiger partial charge on any atom is -0.265 e. The molecule has 0 aliphatic rings. The summed E-state index contributed by atoms with van der Waals surface area (Å²) in [5.41, 5.74) is 10.1. The Balaban J connectivity index is 1.45. The molecule has 0 amide bonds. The molecule has 0 aliphatic heterocycles. The third-order valence-electron chi connectivity index (χ3n) is 5.38. The first-order valence-electron chi connectivity index (χ1n) is 10.3. The van der Waals surface area contributed by atoms with Crippen molar-refractivity contribution in [2.24, 2.45) is 0 Å².